The van der Waals surface area contributed by atoms with Crippen LogP contribution in [-0.4, -0.2) is 5.78 Å². The third-order valence-electron chi connectivity index (χ3n) is 3.89. The fourth-order valence-corrected chi connectivity index (χ4v) is 2.50. The van der Waals surface area contributed by atoms with E-state index in [-0.39, 0.29) is 11.2 Å². The average molecular weight is 306 g/mol. The lowest BCUT2D eigenvalue weighted by molar-refractivity contribution is 0.103. The Morgan fingerprint density at radius 1 is 0.870 bits per heavy atom. The normalized spacial score (nSPS) is 11.6. The molecule has 0 bridgehead atoms. The molecule has 0 aliphatic carbocycles. The number of carbonyl (C=O) groups excluding carboxylic acids is 1. The van der Waals surface area contributed by atoms with Gasteiger partial charge < -0.3 is 4.42 Å². The summed E-state index contributed by atoms with van der Waals surface area (Å²) in [6, 6.07) is 15.8. The predicted octanol–water partition coefficient (Wildman–Crippen LogP) is 4.32. The number of ketones is 1. The van der Waals surface area contributed by atoms with E-state index < -0.39 is 5.63 Å². The molecule has 0 aliphatic rings. The largest absolute Gasteiger partial charge is 0.423 e. The summed E-state index contributed by atoms with van der Waals surface area (Å²) in [7, 11) is 0. The third kappa shape index (κ3) is 3.09. The van der Waals surface area contributed by atoms with Crippen LogP contribution in [0.25, 0.3) is 11.0 Å². The predicted molar refractivity (Wildman–Crippen MR) is 91.1 cm³/mol. The van der Waals surface area contributed by atoms with Gasteiger partial charge in [-0.1, -0.05) is 45.0 Å². The molecule has 0 atom stereocenters. The fourth-order valence-electron chi connectivity index (χ4n) is 2.50. The lowest BCUT2D eigenvalue weighted by Gasteiger charge is -2.19. The molecule has 0 saturated heterocycles. The van der Waals surface area contributed by atoms with E-state index in [0.717, 1.165) is 5.39 Å². The van der Waals surface area contributed by atoms with Crippen molar-refractivity contribution in [1.82, 2.24) is 0 Å². The topological polar surface area (TPSA) is 47.3 Å². The lowest BCUT2D eigenvalue weighted by Crippen LogP contribution is -2.11. The highest BCUT2D eigenvalue weighted by molar-refractivity contribution is 6.10. The van der Waals surface area contributed by atoms with Gasteiger partial charge in [-0.05, 0) is 35.2 Å². The molecule has 0 saturated carbocycles. The summed E-state index contributed by atoms with van der Waals surface area (Å²) in [5, 5.41) is 0.738. The Balaban J connectivity index is 1.96. The van der Waals surface area contributed by atoms with Gasteiger partial charge >= 0.3 is 5.63 Å². The molecule has 3 aromatic rings. The summed E-state index contributed by atoms with van der Waals surface area (Å²) in [6.45, 7) is 6.42. The summed E-state index contributed by atoms with van der Waals surface area (Å²) < 4.78 is 5.09. The zero-order valence-corrected chi connectivity index (χ0v) is 13.4. The summed E-state index contributed by atoms with van der Waals surface area (Å²) in [5.41, 5.74) is 2.56. The first-order valence-electron chi connectivity index (χ1n) is 7.54. The maximum absolute atomic E-state index is 12.6. The molecule has 0 spiro atoms. The average Bonchev–Trinajstić information content (AvgIpc) is 2.53. The fraction of sp³-hybridized carbons (Fsp3) is 0.200. The van der Waals surface area contributed by atoms with Crippen LogP contribution in [0.4, 0.5) is 0 Å². The highest BCUT2D eigenvalue weighted by atomic mass is 16.4. The van der Waals surface area contributed by atoms with E-state index in [1.807, 2.05) is 24.3 Å². The maximum atomic E-state index is 12.6. The number of hydrogen-bond donors (Lipinski definition) is 0. The van der Waals surface area contributed by atoms with Crippen molar-refractivity contribution in [3.8, 4) is 0 Å². The van der Waals surface area contributed by atoms with Gasteiger partial charge in [-0.2, -0.15) is 0 Å². The Bertz CT molecular complexity index is 925. The second-order valence-electron chi connectivity index (χ2n) is 6.66. The lowest BCUT2D eigenvalue weighted by atomic mass is 9.86. The number of carbonyl (C=O) groups is 1. The number of fused-ring (bicyclic) bond motifs is 1. The molecule has 0 fully saturated rings. The Kier molecular flexibility index (Phi) is 3.64. The van der Waals surface area contributed by atoms with Crippen molar-refractivity contribution in [3.05, 3.63) is 81.7 Å². The Morgan fingerprint density at radius 2 is 1.52 bits per heavy atom. The Morgan fingerprint density at radius 3 is 2.17 bits per heavy atom. The van der Waals surface area contributed by atoms with E-state index in [1.54, 1.807) is 24.3 Å². The standard InChI is InChI=1S/C20H18O3/c1-20(2,3)16-8-4-13(5-9-16)19(22)15-6-10-17-14(12-15)7-11-18(21)23-17/h4-12H,1-3H3. The first kappa shape index (κ1) is 15.2. The maximum Gasteiger partial charge on any atom is 0.336 e. The Labute approximate surface area is 134 Å². The molecule has 3 nitrogen and oxygen atoms in total. The van der Waals surface area contributed by atoms with Crippen LogP contribution in [0.5, 0.6) is 0 Å². The van der Waals surface area contributed by atoms with Crippen molar-refractivity contribution >= 4 is 16.8 Å². The molecule has 0 N–H and O–H groups in total. The number of benzene rings is 2. The molecule has 1 aromatic heterocycles. The van der Waals surface area contributed by atoms with Crippen molar-refractivity contribution in [2.24, 2.45) is 0 Å². The van der Waals surface area contributed by atoms with Crippen molar-refractivity contribution < 1.29 is 9.21 Å². The van der Waals surface area contributed by atoms with E-state index in [2.05, 4.69) is 20.8 Å². The number of rotatable bonds is 2. The molecule has 0 aliphatic heterocycles. The van der Waals surface area contributed by atoms with Crippen LogP contribution in [0.3, 0.4) is 0 Å². The summed E-state index contributed by atoms with van der Waals surface area (Å²) in [4.78, 5) is 23.8. The van der Waals surface area contributed by atoms with Gasteiger partial charge in [0.05, 0.1) is 0 Å². The van der Waals surface area contributed by atoms with Gasteiger partial charge in [-0.15, -0.1) is 0 Å². The Hall–Kier alpha value is -2.68. The smallest absolute Gasteiger partial charge is 0.336 e. The second-order valence-corrected chi connectivity index (χ2v) is 6.66. The molecular weight excluding hydrogens is 288 g/mol. The van der Waals surface area contributed by atoms with Crippen molar-refractivity contribution in [2.45, 2.75) is 26.2 Å². The SMILES string of the molecule is CC(C)(C)c1ccc(C(=O)c2ccc3oc(=O)ccc3c2)cc1. The third-order valence-corrected chi connectivity index (χ3v) is 3.89. The quantitative estimate of drug-likeness (QED) is 0.523. The van der Waals surface area contributed by atoms with E-state index in [4.69, 9.17) is 4.42 Å². The van der Waals surface area contributed by atoms with Crippen LogP contribution in [0.1, 0.15) is 42.3 Å². The molecule has 0 amide bonds. The molecule has 1 heterocycles. The van der Waals surface area contributed by atoms with Gasteiger partial charge in [0.1, 0.15) is 5.58 Å². The van der Waals surface area contributed by atoms with Crippen molar-refractivity contribution in [2.75, 3.05) is 0 Å². The van der Waals surface area contributed by atoms with Gasteiger partial charge in [-0.3, -0.25) is 4.79 Å². The van der Waals surface area contributed by atoms with Crippen LogP contribution in [0, 0.1) is 0 Å². The second kappa shape index (κ2) is 5.51. The minimum atomic E-state index is -0.394. The van der Waals surface area contributed by atoms with Crippen LogP contribution >= 0.6 is 0 Å². The molecule has 116 valence electrons. The highest BCUT2D eigenvalue weighted by Gasteiger charge is 2.15. The van der Waals surface area contributed by atoms with E-state index in [1.165, 1.54) is 11.6 Å². The minimum Gasteiger partial charge on any atom is -0.423 e. The molecule has 2 aromatic carbocycles. The van der Waals surface area contributed by atoms with Gasteiger partial charge in [-0.25, -0.2) is 4.79 Å². The first-order valence-corrected chi connectivity index (χ1v) is 7.54. The number of hydrogen-bond acceptors (Lipinski definition) is 3. The van der Waals surface area contributed by atoms with Crippen LogP contribution < -0.4 is 5.63 Å². The van der Waals surface area contributed by atoms with Gasteiger partial charge in [0.2, 0.25) is 0 Å². The molecule has 3 rings (SSSR count). The molecule has 0 radical (unpaired) electrons. The first-order chi connectivity index (χ1) is 10.8. The molecule has 3 heteroatoms. The summed E-state index contributed by atoms with van der Waals surface area (Å²) >= 11 is 0. The van der Waals surface area contributed by atoms with Crippen molar-refractivity contribution in [1.29, 1.82) is 0 Å². The van der Waals surface area contributed by atoms with Gasteiger partial charge in [0, 0.05) is 22.6 Å². The van der Waals surface area contributed by atoms with Gasteiger partial charge in [0.25, 0.3) is 0 Å². The zero-order chi connectivity index (χ0) is 16.6. The molecular formula is C20H18O3. The molecule has 0 unspecified atom stereocenters. The van der Waals surface area contributed by atoms with Crippen molar-refractivity contribution in [3.63, 3.8) is 0 Å². The molecule has 23 heavy (non-hydrogen) atoms. The van der Waals surface area contributed by atoms with E-state index in [0.29, 0.717) is 16.7 Å². The van der Waals surface area contributed by atoms with E-state index >= 15 is 0 Å². The van der Waals surface area contributed by atoms with Crippen LogP contribution in [0.15, 0.2) is 63.8 Å². The van der Waals surface area contributed by atoms with Crippen LogP contribution in [0.2, 0.25) is 0 Å². The van der Waals surface area contributed by atoms with E-state index in [9.17, 15) is 9.59 Å². The highest BCUT2D eigenvalue weighted by Crippen LogP contribution is 2.23. The summed E-state index contributed by atoms with van der Waals surface area (Å²) in [6.07, 6.45) is 0. The van der Waals surface area contributed by atoms with Gasteiger partial charge in [0.15, 0.2) is 5.78 Å². The zero-order valence-electron chi connectivity index (χ0n) is 13.4. The van der Waals surface area contributed by atoms with Crippen LogP contribution in [-0.2, 0) is 5.41 Å². The monoisotopic (exact) mass is 306 g/mol. The summed E-state index contributed by atoms with van der Waals surface area (Å²) in [5.74, 6) is -0.0430. The minimum absolute atomic E-state index is 0.0430.